The molecule has 0 radical (unpaired) electrons. The molecule has 1 heterocycles. The van der Waals surface area contributed by atoms with Crippen molar-refractivity contribution in [2.24, 2.45) is 0 Å². The second-order valence-corrected chi connectivity index (χ2v) is 4.19. The van der Waals surface area contributed by atoms with Gasteiger partial charge in [-0.15, -0.1) is 0 Å². The van der Waals surface area contributed by atoms with Crippen molar-refractivity contribution in [1.82, 2.24) is 15.3 Å². The third-order valence-electron chi connectivity index (χ3n) is 2.56. The Morgan fingerprint density at radius 3 is 2.89 bits per heavy atom. The second-order valence-electron chi connectivity index (χ2n) is 3.79. The molecule has 0 aliphatic carbocycles. The highest BCUT2D eigenvalue weighted by Gasteiger charge is 2.18. The van der Waals surface area contributed by atoms with Crippen LogP contribution in [-0.2, 0) is 0 Å². The van der Waals surface area contributed by atoms with Crippen LogP contribution in [0.2, 0.25) is 5.02 Å². The molecule has 94 valence electrons. The van der Waals surface area contributed by atoms with Crippen LogP contribution < -0.4 is 5.32 Å². The summed E-state index contributed by atoms with van der Waals surface area (Å²) in [6.07, 6.45) is 4.85. The zero-order valence-electron chi connectivity index (χ0n) is 9.90. The predicted octanol–water partition coefficient (Wildman–Crippen LogP) is 2.97. The van der Waals surface area contributed by atoms with Gasteiger partial charge in [0, 0.05) is 17.4 Å². The van der Waals surface area contributed by atoms with Crippen LogP contribution in [0.1, 0.15) is 24.2 Å². The zero-order chi connectivity index (χ0) is 13.0. The average Bonchev–Trinajstić information content (AvgIpc) is 2.40. The van der Waals surface area contributed by atoms with Crippen molar-refractivity contribution in [3.8, 4) is 0 Å². The average molecular weight is 266 g/mol. The Bertz CT molecular complexity index is 519. The van der Waals surface area contributed by atoms with Gasteiger partial charge in [-0.1, -0.05) is 18.5 Å². The summed E-state index contributed by atoms with van der Waals surface area (Å²) in [5, 5.41) is 3.74. The maximum absolute atomic E-state index is 13.3. The molecule has 2 rings (SSSR count). The Morgan fingerprint density at radius 2 is 2.22 bits per heavy atom. The largest absolute Gasteiger partial charge is 0.305 e. The highest BCUT2D eigenvalue weighted by Crippen LogP contribution is 2.27. The Morgan fingerprint density at radius 1 is 1.39 bits per heavy atom. The van der Waals surface area contributed by atoms with Crippen LogP contribution in [0.3, 0.4) is 0 Å². The van der Waals surface area contributed by atoms with Gasteiger partial charge < -0.3 is 5.32 Å². The molecule has 1 N–H and O–H groups in total. The van der Waals surface area contributed by atoms with Gasteiger partial charge in [-0.2, -0.15) is 0 Å². The molecule has 1 unspecified atom stereocenters. The lowest BCUT2D eigenvalue weighted by Crippen LogP contribution is -2.23. The highest BCUT2D eigenvalue weighted by molar-refractivity contribution is 6.31. The molecule has 2 aromatic rings. The summed E-state index contributed by atoms with van der Waals surface area (Å²) in [6.45, 7) is 2.69. The molecule has 3 nitrogen and oxygen atoms in total. The van der Waals surface area contributed by atoms with E-state index in [9.17, 15) is 4.39 Å². The van der Waals surface area contributed by atoms with Crippen LogP contribution in [0.5, 0.6) is 0 Å². The predicted molar refractivity (Wildman–Crippen MR) is 69.0 cm³/mol. The molecule has 0 spiro atoms. The molecule has 0 saturated carbocycles. The minimum atomic E-state index is -0.318. The first-order valence-corrected chi connectivity index (χ1v) is 6.04. The molecule has 18 heavy (non-hydrogen) atoms. The first-order chi connectivity index (χ1) is 8.72. The number of nitrogens with zero attached hydrogens (tertiary/aromatic N) is 2. The molecule has 0 bridgehead atoms. The van der Waals surface area contributed by atoms with E-state index in [1.807, 2.05) is 6.92 Å². The van der Waals surface area contributed by atoms with E-state index in [4.69, 9.17) is 11.6 Å². The van der Waals surface area contributed by atoms with E-state index in [2.05, 4.69) is 15.3 Å². The highest BCUT2D eigenvalue weighted by atomic mass is 35.5. The third kappa shape index (κ3) is 2.83. The van der Waals surface area contributed by atoms with Crippen LogP contribution >= 0.6 is 11.6 Å². The van der Waals surface area contributed by atoms with Crippen molar-refractivity contribution in [2.75, 3.05) is 6.54 Å². The maximum atomic E-state index is 13.3. The van der Waals surface area contributed by atoms with Crippen molar-refractivity contribution in [3.63, 3.8) is 0 Å². The SMILES string of the molecule is CCNC(c1cnccn1)c1cc(F)ccc1Cl. The van der Waals surface area contributed by atoms with Gasteiger partial charge in [0.15, 0.2) is 0 Å². The first-order valence-electron chi connectivity index (χ1n) is 5.66. The topological polar surface area (TPSA) is 37.8 Å². The molecule has 0 fully saturated rings. The summed E-state index contributed by atoms with van der Waals surface area (Å²) < 4.78 is 13.3. The fourth-order valence-electron chi connectivity index (χ4n) is 1.77. The molecular formula is C13H13ClFN3. The summed E-state index contributed by atoms with van der Waals surface area (Å²) in [7, 11) is 0. The van der Waals surface area contributed by atoms with Gasteiger partial charge in [-0.05, 0) is 30.3 Å². The summed E-state index contributed by atoms with van der Waals surface area (Å²) in [5.74, 6) is -0.318. The summed E-state index contributed by atoms with van der Waals surface area (Å²) in [6, 6.07) is 4.05. The van der Waals surface area contributed by atoms with Crippen molar-refractivity contribution < 1.29 is 4.39 Å². The quantitative estimate of drug-likeness (QED) is 0.924. The van der Waals surface area contributed by atoms with Crippen LogP contribution in [0.25, 0.3) is 0 Å². The summed E-state index contributed by atoms with van der Waals surface area (Å²) in [5.41, 5.74) is 1.38. The van der Waals surface area contributed by atoms with Crippen molar-refractivity contribution in [3.05, 3.63) is 58.9 Å². The summed E-state index contributed by atoms with van der Waals surface area (Å²) in [4.78, 5) is 8.26. The van der Waals surface area contributed by atoms with Crippen molar-refractivity contribution in [2.45, 2.75) is 13.0 Å². The third-order valence-corrected chi connectivity index (χ3v) is 2.90. The number of hydrogen-bond acceptors (Lipinski definition) is 3. The van der Waals surface area contributed by atoms with Gasteiger partial charge in [0.1, 0.15) is 5.82 Å². The number of nitrogens with one attached hydrogen (secondary N) is 1. The fraction of sp³-hybridized carbons (Fsp3) is 0.231. The van der Waals surface area contributed by atoms with Gasteiger partial charge in [0.25, 0.3) is 0 Å². The molecule has 0 amide bonds. The molecule has 0 aliphatic rings. The lowest BCUT2D eigenvalue weighted by Gasteiger charge is -2.18. The lowest BCUT2D eigenvalue weighted by atomic mass is 10.0. The number of rotatable bonds is 4. The van der Waals surface area contributed by atoms with E-state index in [0.29, 0.717) is 22.8 Å². The van der Waals surface area contributed by atoms with Crippen LogP contribution in [0.15, 0.2) is 36.8 Å². The van der Waals surface area contributed by atoms with E-state index < -0.39 is 0 Å². The van der Waals surface area contributed by atoms with E-state index in [-0.39, 0.29) is 11.9 Å². The van der Waals surface area contributed by atoms with Crippen LogP contribution in [-0.4, -0.2) is 16.5 Å². The van der Waals surface area contributed by atoms with Gasteiger partial charge in [0.2, 0.25) is 0 Å². The zero-order valence-corrected chi connectivity index (χ0v) is 10.7. The van der Waals surface area contributed by atoms with Crippen molar-refractivity contribution in [1.29, 1.82) is 0 Å². The standard InChI is InChI=1S/C13H13ClFN3/c1-2-17-13(12-8-16-5-6-18-12)10-7-9(15)3-4-11(10)14/h3-8,13,17H,2H2,1H3. The molecule has 0 aliphatic heterocycles. The van der Waals surface area contributed by atoms with Gasteiger partial charge in [-0.25, -0.2) is 4.39 Å². The number of hydrogen-bond donors (Lipinski definition) is 1. The van der Waals surface area contributed by atoms with Crippen LogP contribution in [0.4, 0.5) is 4.39 Å². The fourth-order valence-corrected chi connectivity index (χ4v) is 2.00. The van der Waals surface area contributed by atoms with E-state index in [0.717, 1.165) is 0 Å². The molecular weight excluding hydrogens is 253 g/mol. The van der Waals surface area contributed by atoms with Crippen LogP contribution in [0, 0.1) is 5.82 Å². The Labute approximate surface area is 110 Å². The van der Waals surface area contributed by atoms with E-state index in [1.54, 1.807) is 24.7 Å². The molecule has 1 atom stereocenters. The second kappa shape index (κ2) is 5.89. The minimum Gasteiger partial charge on any atom is -0.305 e. The first kappa shape index (κ1) is 12.9. The normalized spacial score (nSPS) is 12.4. The smallest absolute Gasteiger partial charge is 0.123 e. The van der Waals surface area contributed by atoms with E-state index >= 15 is 0 Å². The Kier molecular flexibility index (Phi) is 4.23. The van der Waals surface area contributed by atoms with Gasteiger partial charge in [0.05, 0.1) is 17.9 Å². The molecule has 5 heteroatoms. The van der Waals surface area contributed by atoms with E-state index in [1.165, 1.54) is 12.1 Å². The number of halogens is 2. The monoisotopic (exact) mass is 265 g/mol. The minimum absolute atomic E-state index is 0.258. The molecule has 1 aromatic carbocycles. The Hall–Kier alpha value is -1.52. The lowest BCUT2D eigenvalue weighted by molar-refractivity contribution is 0.594. The van der Waals surface area contributed by atoms with Gasteiger partial charge in [-0.3, -0.25) is 9.97 Å². The Balaban J connectivity index is 2.44. The molecule has 0 saturated heterocycles. The summed E-state index contributed by atoms with van der Waals surface area (Å²) >= 11 is 6.12. The number of benzene rings is 1. The van der Waals surface area contributed by atoms with Gasteiger partial charge >= 0.3 is 0 Å². The van der Waals surface area contributed by atoms with Crippen molar-refractivity contribution >= 4 is 11.6 Å². The number of aromatic nitrogens is 2. The maximum Gasteiger partial charge on any atom is 0.123 e. The molecule has 1 aromatic heterocycles.